The van der Waals surface area contributed by atoms with Gasteiger partial charge in [-0.25, -0.2) is 0 Å². The third-order valence-electron chi connectivity index (χ3n) is 3.21. The normalized spacial score (nSPS) is 16.9. The fourth-order valence-electron chi connectivity index (χ4n) is 2.23. The molecule has 3 heteroatoms. The summed E-state index contributed by atoms with van der Waals surface area (Å²) in [6.07, 6.45) is 1.10. The number of ether oxygens (including phenoxy) is 1. The molecule has 1 aliphatic rings. The molecule has 1 heterocycles. The van der Waals surface area contributed by atoms with Gasteiger partial charge in [0.2, 0.25) is 0 Å². The van der Waals surface area contributed by atoms with E-state index in [4.69, 9.17) is 9.57 Å². The van der Waals surface area contributed by atoms with E-state index in [-0.39, 0.29) is 6.10 Å². The van der Waals surface area contributed by atoms with Crippen molar-refractivity contribution in [2.24, 2.45) is 0 Å². The Morgan fingerprint density at radius 2 is 1.84 bits per heavy atom. The van der Waals surface area contributed by atoms with Crippen molar-refractivity contribution in [3.05, 3.63) is 65.7 Å². The van der Waals surface area contributed by atoms with Crippen LogP contribution in [0, 0.1) is 0 Å². The number of para-hydroxylation sites is 1. The SMILES string of the molecule is c1ccc(CONCC2Cc3ccccc3O2)cc1. The Kier molecular flexibility index (Phi) is 3.77. The van der Waals surface area contributed by atoms with Crippen molar-refractivity contribution in [3.63, 3.8) is 0 Å². The Morgan fingerprint density at radius 1 is 1.05 bits per heavy atom. The standard InChI is InChI=1S/C16H17NO2/c1-2-6-13(7-3-1)12-18-17-11-15-10-14-8-4-5-9-16(14)19-15/h1-9,15,17H,10-12H2. The van der Waals surface area contributed by atoms with Crippen molar-refractivity contribution < 1.29 is 9.57 Å². The zero-order valence-electron chi connectivity index (χ0n) is 10.7. The fourth-order valence-corrected chi connectivity index (χ4v) is 2.23. The van der Waals surface area contributed by atoms with Gasteiger partial charge in [-0.2, -0.15) is 5.48 Å². The molecule has 1 N–H and O–H groups in total. The van der Waals surface area contributed by atoms with Crippen molar-refractivity contribution in [1.82, 2.24) is 5.48 Å². The first-order valence-electron chi connectivity index (χ1n) is 6.55. The van der Waals surface area contributed by atoms with E-state index in [1.807, 2.05) is 48.5 Å². The van der Waals surface area contributed by atoms with Crippen LogP contribution >= 0.6 is 0 Å². The number of rotatable bonds is 5. The highest BCUT2D eigenvalue weighted by atomic mass is 16.6. The van der Waals surface area contributed by atoms with E-state index in [0.717, 1.165) is 17.7 Å². The summed E-state index contributed by atoms with van der Waals surface area (Å²) in [5, 5.41) is 0. The molecule has 98 valence electrons. The van der Waals surface area contributed by atoms with Crippen LogP contribution in [0.15, 0.2) is 54.6 Å². The number of hydrogen-bond acceptors (Lipinski definition) is 3. The smallest absolute Gasteiger partial charge is 0.123 e. The quantitative estimate of drug-likeness (QED) is 0.658. The van der Waals surface area contributed by atoms with Gasteiger partial charge < -0.3 is 4.74 Å². The summed E-state index contributed by atoms with van der Waals surface area (Å²) >= 11 is 0. The number of hydrogen-bond donors (Lipinski definition) is 1. The van der Waals surface area contributed by atoms with Gasteiger partial charge in [0, 0.05) is 6.42 Å². The van der Waals surface area contributed by atoms with Crippen LogP contribution in [0.2, 0.25) is 0 Å². The summed E-state index contributed by atoms with van der Waals surface area (Å²) in [7, 11) is 0. The first kappa shape index (κ1) is 12.2. The van der Waals surface area contributed by atoms with Crippen LogP contribution in [-0.4, -0.2) is 12.6 Å². The molecule has 1 atom stereocenters. The molecular weight excluding hydrogens is 238 g/mol. The lowest BCUT2D eigenvalue weighted by atomic mass is 10.1. The fraction of sp³-hybridized carbons (Fsp3) is 0.250. The van der Waals surface area contributed by atoms with Gasteiger partial charge in [-0.1, -0.05) is 48.5 Å². The van der Waals surface area contributed by atoms with E-state index in [0.29, 0.717) is 13.2 Å². The molecule has 2 aromatic rings. The summed E-state index contributed by atoms with van der Waals surface area (Å²) in [6, 6.07) is 18.3. The highest BCUT2D eigenvalue weighted by Gasteiger charge is 2.21. The Bertz CT molecular complexity index is 502. The molecule has 2 aromatic carbocycles. The van der Waals surface area contributed by atoms with Crippen LogP contribution in [0.3, 0.4) is 0 Å². The van der Waals surface area contributed by atoms with Gasteiger partial charge in [-0.15, -0.1) is 0 Å². The maximum absolute atomic E-state index is 5.82. The second kappa shape index (κ2) is 5.87. The van der Waals surface area contributed by atoms with Gasteiger partial charge in [-0.05, 0) is 17.2 Å². The Morgan fingerprint density at radius 3 is 2.68 bits per heavy atom. The summed E-state index contributed by atoms with van der Waals surface area (Å²) in [5.74, 6) is 0.998. The lowest BCUT2D eigenvalue weighted by Crippen LogP contribution is -2.30. The van der Waals surface area contributed by atoms with Crippen LogP contribution in [0.4, 0.5) is 0 Å². The molecule has 0 aromatic heterocycles. The molecule has 3 rings (SSSR count). The lowest BCUT2D eigenvalue weighted by Gasteiger charge is -2.11. The van der Waals surface area contributed by atoms with Gasteiger partial charge in [0.05, 0.1) is 13.2 Å². The monoisotopic (exact) mass is 255 g/mol. The Balaban J connectivity index is 1.41. The largest absolute Gasteiger partial charge is 0.488 e. The van der Waals surface area contributed by atoms with E-state index < -0.39 is 0 Å². The van der Waals surface area contributed by atoms with Crippen molar-refractivity contribution >= 4 is 0 Å². The van der Waals surface area contributed by atoms with Crippen LogP contribution in [0.5, 0.6) is 5.75 Å². The zero-order chi connectivity index (χ0) is 12.9. The Hall–Kier alpha value is -1.84. The molecular formula is C16H17NO2. The molecule has 19 heavy (non-hydrogen) atoms. The summed E-state index contributed by atoms with van der Waals surface area (Å²) < 4.78 is 5.82. The van der Waals surface area contributed by atoms with Crippen molar-refractivity contribution in [2.75, 3.05) is 6.54 Å². The number of nitrogens with one attached hydrogen (secondary N) is 1. The molecule has 0 saturated heterocycles. The van der Waals surface area contributed by atoms with Gasteiger partial charge in [0.25, 0.3) is 0 Å². The topological polar surface area (TPSA) is 30.5 Å². The van der Waals surface area contributed by atoms with E-state index >= 15 is 0 Å². The third-order valence-corrected chi connectivity index (χ3v) is 3.21. The number of hydroxylamine groups is 1. The third kappa shape index (κ3) is 3.13. The maximum atomic E-state index is 5.82. The zero-order valence-corrected chi connectivity index (χ0v) is 10.7. The molecule has 0 amide bonds. The van der Waals surface area contributed by atoms with Gasteiger partial charge >= 0.3 is 0 Å². The summed E-state index contributed by atoms with van der Waals surface area (Å²) in [4.78, 5) is 5.45. The second-order valence-electron chi connectivity index (χ2n) is 4.67. The van der Waals surface area contributed by atoms with Gasteiger partial charge in [-0.3, -0.25) is 4.84 Å². The molecule has 1 unspecified atom stereocenters. The van der Waals surface area contributed by atoms with Crippen LogP contribution in [-0.2, 0) is 17.9 Å². The highest BCUT2D eigenvalue weighted by molar-refractivity contribution is 5.37. The minimum absolute atomic E-state index is 0.160. The average molecular weight is 255 g/mol. The number of benzene rings is 2. The minimum Gasteiger partial charge on any atom is -0.488 e. The molecule has 0 aliphatic carbocycles. The number of fused-ring (bicyclic) bond motifs is 1. The lowest BCUT2D eigenvalue weighted by molar-refractivity contribution is 0.0107. The Labute approximate surface area is 113 Å². The summed E-state index contributed by atoms with van der Waals surface area (Å²) in [6.45, 7) is 1.27. The van der Waals surface area contributed by atoms with E-state index in [1.165, 1.54) is 5.56 Å². The van der Waals surface area contributed by atoms with Gasteiger partial charge in [0.15, 0.2) is 0 Å². The first-order valence-corrected chi connectivity index (χ1v) is 6.55. The molecule has 1 aliphatic heterocycles. The minimum atomic E-state index is 0.160. The van der Waals surface area contributed by atoms with E-state index in [1.54, 1.807) is 0 Å². The highest BCUT2D eigenvalue weighted by Crippen LogP contribution is 2.27. The van der Waals surface area contributed by atoms with Crippen molar-refractivity contribution in [2.45, 2.75) is 19.1 Å². The average Bonchev–Trinajstić information content (AvgIpc) is 2.87. The molecule has 3 nitrogen and oxygen atoms in total. The molecule has 0 fully saturated rings. The molecule has 0 spiro atoms. The molecule has 0 radical (unpaired) electrons. The van der Waals surface area contributed by atoms with Crippen LogP contribution in [0.25, 0.3) is 0 Å². The van der Waals surface area contributed by atoms with Crippen molar-refractivity contribution in [3.8, 4) is 5.75 Å². The van der Waals surface area contributed by atoms with E-state index in [9.17, 15) is 0 Å². The predicted molar refractivity (Wildman–Crippen MR) is 73.8 cm³/mol. The maximum Gasteiger partial charge on any atom is 0.123 e. The van der Waals surface area contributed by atoms with Crippen LogP contribution < -0.4 is 10.2 Å². The predicted octanol–water partition coefficient (Wildman–Crippen LogP) is 2.71. The van der Waals surface area contributed by atoms with Crippen molar-refractivity contribution in [1.29, 1.82) is 0 Å². The van der Waals surface area contributed by atoms with Crippen LogP contribution in [0.1, 0.15) is 11.1 Å². The molecule has 0 saturated carbocycles. The molecule has 0 bridgehead atoms. The first-order chi connectivity index (χ1) is 9.42. The summed E-state index contributed by atoms with van der Waals surface area (Å²) in [5.41, 5.74) is 5.42. The van der Waals surface area contributed by atoms with Gasteiger partial charge in [0.1, 0.15) is 11.9 Å². The second-order valence-corrected chi connectivity index (χ2v) is 4.67. The van der Waals surface area contributed by atoms with E-state index in [2.05, 4.69) is 11.5 Å².